The molecule has 0 bridgehead atoms. The Balaban J connectivity index is 2.35. The van der Waals surface area contributed by atoms with Crippen LogP contribution >= 0.6 is 15.9 Å². The predicted molar refractivity (Wildman–Crippen MR) is 66.9 cm³/mol. The van der Waals surface area contributed by atoms with E-state index in [2.05, 4.69) is 20.9 Å². The van der Waals surface area contributed by atoms with E-state index in [1.54, 1.807) is 12.3 Å². The van der Waals surface area contributed by atoms with Gasteiger partial charge in [0.15, 0.2) is 0 Å². The van der Waals surface area contributed by atoms with Crippen molar-refractivity contribution in [2.45, 2.75) is 6.61 Å². The zero-order valence-electron chi connectivity index (χ0n) is 8.69. The molecule has 0 saturated carbocycles. The zero-order chi connectivity index (χ0) is 11.4. The van der Waals surface area contributed by atoms with Gasteiger partial charge in [-0.2, -0.15) is 0 Å². The lowest BCUT2D eigenvalue weighted by atomic mass is 10.1. The smallest absolute Gasteiger partial charge is 0.141 e. The van der Waals surface area contributed by atoms with Gasteiger partial charge in [-0.1, -0.05) is 28.1 Å². The number of phenolic OH excluding ortho intramolecular Hbond substituents is 1. The Bertz CT molecular complexity index is 487. The Morgan fingerprint density at radius 1 is 1.31 bits per heavy atom. The van der Waals surface area contributed by atoms with Crippen molar-refractivity contribution >= 4 is 26.8 Å². The first-order valence-corrected chi connectivity index (χ1v) is 6.14. The molecule has 1 aromatic carbocycles. The molecule has 0 unspecified atom stereocenters. The molecule has 2 aromatic rings. The second-order valence-electron chi connectivity index (χ2n) is 3.38. The highest BCUT2D eigenvalue weighted by molar-refractivity contribution is 9.09. The van der Waals surface area contributed by atoms with Gasteiger partial charge in [0.05, 0.1) is 13.2 Å². The van der Waals surface area contributed by atoms with Crippen LogP contribution in [0.15, 0.2) is 30.5 Å². The van der Waals surface area contributed by atoms with Crippen LogP contribution in [0.3, 0.4) is 0 Å². The van der Waals surface area contributed by atoms with Gasteiger partial charge >= 0.3 is 0 Å². The Hall–Kier alpha value is -1.13. The fourth-order valence-corrected chi connectivity index (χ4v) is 1.81. The standard InChI is InChI=1S/C12H12BrNO2/c13-5-7-16-8-9-3-4-11(15)12-10(9)2-1-6-14-12/h1-4,6,15H,5,7-8H2. The van der Waals surface area contributed by atoms with E-state index in [4.69, 9.17) is 4.74 Å². The van der Waals surface area contributed by atoms with Crippen LogP contribution in [0.5, 0.6) is 5.75 Å². The monoisotopic (exact) mass is 281 g/mol. The Labute approximate surface area is 102 Å². The molecule has 0 aliphatic carbocycles. The number of aromatic hydroxyl groups is 1. The fourth-order valence-electron chi connectivity index (χ4n) is 1.58. The van der Waals surface area contributed by atoms with Crippen molar-refractivity contribution in [2.24, 2.45) is 0 Å². The molecular formula is C12H12BrNO2. The molecule has 1 heterocycles. The van der Waals surface area contributed by atoms with E-state index in [1.165, 1.54) is 0 Å². The fraction of sp³-hybridized carbons (Fsp3) is 0.250. The van der Waals surface area contributed by atoms with Crippen molar-refractivity contribution in [3.8, 4) is 5.75 Å². The topological polar surface area (TPSA) is 42.4 Å². The third kappa shape index (κ3) is 2.33. The van der Waals surface area contributed by atoms with Crippen molar-refractivity contribution < 1.29 is 9.84 Å². The largest absolute Gasteiger partial charge is 0.506 e. The first kappa shape index (κ1) is 11.4. The van der Waals surface area contributed by atoms with Crippen LogP contribution in [-0.4, -0.2) is 22.0 Å². The lowest BCUT2D eigenvalue weighted by Gasteiger charge is -2.07. The summed E-state index contributed by atoms with van der Waals surface area (Å²) in [5, 5.41) is 11.4. The number of ether oxygens (including phenoxy) is 1. The van der Waals surface area contributed by atoms with Gasteiger partial charge in [0.2, 0.25) is 0 Å². The lowest BCUT2D eigenvalue weighted by molar-refractivity contribution is 0.138. The van der Waals surface area contributed by atoms with Crippen LogP contribution in [0.2, 0.25) is 0 Å². The maximum Gasteiger partial charge on any atom is 0.141 e. The van der Waals surface area contributed by atoms with E-state index in [9.17, 15) is 5.11 Å². The molecule has 16 heavy (non-hydrogen) atoms. The predicted octanol–water partition coefficient (Wildman–Crippen LogP) is 2.85. The highest BCUT2D eigenvalue weighted by Crippen LogP contribution is 2.25. The van der Waals surface area contributed by atoms with E-state index in [-0.39, 0.29) is 5.75 Å². The van der Waals surface area contributed by atoms with Gasteiger partial charge in [-0.25, -0.2) is 0 Å². The first-order valence-electron chi connectivity index (χ1n) is 5.02. The summed E-state index contributed by atoms with van der Waals surface area (Å²) in [5.74, 6) is 0.208. The second-order valence-corrected chi connectivity index (χ2v) is 4.18. The van der Waals surface area contributed by atoms with Gasteiger partial charge in [-0.3, -0.25) is 4.98 Å². The number of hydrogen-bond acceptors (Lipinski definition) is 3. The molecule has 0 radical (unpaired) electrons. The number of fused-ring (bicyclic) bond motifs is 1. The zero-order valence-corrected chi connectivity index (χ0v) is 10.3. The van der Waals surface area contributed by atoms with Crippen LogP contribution in [-0.2, 0) is 11.3 Å². The average Bonchev–Trinajstić information content (AvgIpc) is 2.33. The van der Waals surface area contributed by atoms with Crippen LogP contribution in [0.25, 0.3) is 10.9 Å². The lowest BCUT2D eigenvalue weighted by Crippen LogP contribution is -1.97. The summed E-state index contributed by atoms with van der Waals surface area (Å²) < 4.78 is 5.46. The second kappa shape index (κ2) is 5.27. The van der Waals surface area contributed by atoms with Crippen LogP contribution < -0.4 is 0 Å². The van der Waals surface area contributed by atoms with Crippen LogP contribution in [0.1, 0.15) is 5.56 Å². The first-order chi connectivity index (χ1) is 7.83. The molecule has 3 nitrogen and oxygen atoms in total. The van der Waals surface area contributed by atoms with E-state index in [1.807, 2.05) is 18.2 Å². The highest BCUT2D eigenvalue weighted by atomic mass is 79.9. The number of nitrogens with zero attached hydrogens (tertiary/aromatic N) is 1. The number of halogens is 1. The summed E-state index contributed by atoms with van der Waals surface area (Å²) in [7, 11) is 0. The molecule has 4 heteroatoms. The number of phenols is 1. The van der Waals surface area contributed by atoms with E-state index >= 15 is 0 Å². The van der Waals surface area contributed by atoms with Gasteiger partial charge in [0.25, 0.3) is 0 Å². The number of hydrogen-bond donors (Lipinski definition) is 1. The van der Waals surface area contributed by atoms with Crippen molar-refractivity contribution in [1.29, 1.82) is 0 Å². The van der Waals surface area contributed by atoms with Gasteiger partial charge in [0, 0.05) is 16.9 Å². The average molecular weight is 282 g/mol. The quantitative estimate of drug-likeness (QED) is 0.692. The van der Waals surface area contributed by atoms with Crippen molar-refractivity contribution in [3.63, 3.8) is 0 Å². The van der Waals surface area contributed by atoms with Gasteiger partial charge in [-0.05, 0) is 17.7 Å². The number of pyridine rings is 1. The van der Waals surface area contributed by atoms with Crippen molar-refractivity contribution in [3.05, 3.63) is 36.0 Å². The molecule has 1 aromatic heterocycles. The minimum absolute atomic E-state index is 0.208. The van der Waals surface area contributed by atoms with Crippen LogP contribution in [0.4, 0.5) is 0 Å². The minimum Gasteiger partial charge on any atom is -0.506 e. The number of benzene rings is 1. The normalized spacial score (nSPS) is 10.8. The number of rotatable bonds is 4. The summed E-state index contributed by atoms with van der Waals surface area (Å²) in [4.78, 5) is 4.15. The summed E-state index contributed by atoms with van der Waals surface area (Å²) in [6.45, 7) is 1.21. The maximum atomic E-state index is 9.66. The summed E-state index contributed by atoms with van der Waals surface area (Å²) in [6.07, 6.45) is 1.67. The van der Waals surface area contributed by atoms with Gasteiger partial charge in [0.1, 0.15) is 11.3 Å². The highest BCUT2D eigenvalue weighted by Gasteiger charge is 2.05. The maximum absolute atomic E-state index is 9.66. The Morgan fingerprint density at radius 3 is 3.00 bits per heavy atom. The van der Waals surface area contributed by atoms with E-state index in [0.717, 1.165) is 16.3 Å². The molecule has 0 fully saturated rings. The molecule has 1 N–H and O–H groups in total. The molecule has 2 rings (SSSR count). The van der Waals surface area contributed by atoms with Gasteiger partial charge in [-0.15, -0.1) is 0 Å². The molecule has 0 atom stereocenters. The number of alkyl halides is 1. The van der Waals surface area contributed by atoms with Crippen molar-refractivity contribution in [1.82, 2.24) is 4.98 Å². The summed E-state index contributed by atoms with van der Waals surface area (Å²) in [6, 6.07) is 7.32. The molecule has 0 spiro atoms. The van der Waals surface area contributed by atoms with E-state index in [0.29, 0.717) is 18.7 Å². The molecular weight excluding hydrogens is 270 g/mol. The minimum atomic E-state index is 0.208. The summed E-state index contributed by atoms with van der Waals surface area (Å²) >= 11 is 3.31. The van der Waals surface area contributed by atoms with Crippen molar-refractivity contribution in [2.75, 3.05) is 11.9 Å². The third-order valence-corrected chi connectivity index (χ3v) is 2.64. The molecule has 0 amide bonds. The molecule has 0 aliphatic rings. The van der Waals surface area contributed by atoms with Gasteiger partial charge < -0.3 is 9.84 Å². The van der Waals surface area contributed by atoms with E-state index < -0.39 is 0 Å². The number of aromatic nitrogens is 1. The Morgan fingerprint density at radius 2 is 2.19 bits per heavy atom. The molecule has 84 valence electrons. The Kier molecular flexibility index (Phi) is 3.74. The van der Waals surface area contributed by atoms with Crippen LogP contribution in [0, 0.1) is 0 Å². The molecule has 0 aliphatic heterocycles. The summed E-state index contributed by atoms with van der Waals surface area (Å²) in [5.41, 5.74) is 1.67. The SMILES string of the molecule is Oc1ccc(COCCBr)c2cccnc12. The third-order valence-electron chi connectivity index (χ3n) is 2.32. The molecule has 0 saturated heterocycles.